The molecule has 0 fully saturated rings. The van der Waals surface area contributed by atoms with Crippen LogP contribution in [0.5, 0.6) is 5.75 Å². The summed E-state index contributed by atoms with van der Waals surface area (Å²) in [5, 5.41) is 10.8. The molecule has 1 heterocycles. The summed E-state index contributed by atoms with van der Waals surface area (Å²) < 4.78 is 5.76. The summed E-state index contributed by atoms with van der Waals surface area (Å²) in [4.78, 5) is 14.7. The SMILES string of the molecule is O=c1nc(N/N=C/c2cccc(OCc3ccc(Cl)c(Cl)c3)c2)cn[nH]1. The van der Waals surface area contributed by atoms with Gasteiger partial charge in [0.2, 0.25) is 0 Å². The van der Waals surface area contributed by atoms with E-state index in [0.29, 0.717) is 22.4 Å². The molecule has 2 aromatic carbocycles. The molecule has 0 aliphatic carbocycles. The lowest BCUT2D eigenvalue weighted by molar-refractivity contribution is 0.306. The molecule has 0 atom stereocenters. The van der Waals surface area contributed by atoms with Crippen molar-refractivity contribution in [1.29, 1.82) is 0 Å². The van der Waals surface area contributed by atoms with Crippen molar-refractivity contribution in [2.45, 2.75) is 6.61 Å². The third kappa shape index (κ3) is 5.05. The van der Waals surface area contributed by atoms with Crippen LogP contribution in [0.25, 0.3) is 0 Å². The summed E-state index contributed by atoms with van der Waals surface area (Å²) in [7, 11) is 0. The molecule has 0 unspecified atom stereocenters. The number of nitrogens with one attached hydrogen (secondary N) is 2. The molecule has 9 heteroatoms. The lowest BCUT2D eigenvalue weighted by Gasteiger charge is -2.08. The zero-order valence-corrected chi connectivity index (χ0v) is 14.8. The number of hydrazone groups is 1. The summed E-state index contributed by atoms with van der Waals surface area (Å²) in [6.45, 7) is 0.359. The second kappa shape index (κ2) is 8.46. The van der Waals surface area contributed by atoms with E-state index in [4.69, 9.17) is 27.9 Å². The molecule has 0 aliphatic rings. The average Bonchev–Trinajstić information content (AvgIpc) is 2.63. The molecule has 0 amide bonds. The van der Waals surface area contributed by atoms with Gasteiger partial charge in [0, 0.05) is 0 Å². The Morgan fingerprint density at radius 3 is 2.88 bits per heavy atom. The average molecular weight is 390 g/mol. The van der Waals surface area contributed by atoms with Crippen LogP contribution in [0.4, 0.5) is 5.82 Å². The van der Waals surface area contributed by atoms with Crippen LogP contribution < -0.4 is 15.9 Å². The van der Waals surface area contributed by atoms with Gasteiger partial charge >= 0.3 is 5.69 Å². The van der Waals surface area contributed by atoms with Crippen molar-refractivity contribution < 1.29 is 4.74 Å². The highest BCUT2D eigenvalue weighted by Gasteiger charge is 2.01. The van der Waals surface area contributed by atoms with E-state index in [2.05, 4.69) is 25.7 Å². The summed E-state index contributed by atoms with van der Waals surface area (Å²) in [5.74, 6) is 0.924. The second-order valence-corrected chi connectivity index (χ2v) is 5.97. The van der Waals surface area contributed by atoms with E-state index in [-0.39, 0.29) is 5.82 Å². The molecule has 2 N–H and O–H groups in total. The number of aromatic nitrogens is 3. The number of hydrogen-bond donors (Lipinski definition) is 2. The number of aromatic amines is 1. The quantitative estimate of drug-likeness (QED) is 0.497. The van der Waals surface area contributed by atoms with Crippen LogP contribution >= 0.6 is 23.2 Å². The van der Waals surface area contributed by atoms with Crippen LogP contribution in [-0.4, -0.2) is 21.4 Å². The van der Waals surface area contributed by atoms with E-state index in [1.807, 2.05) is 30.3 Å². The maximum absolute atomic E-state index is 11.0. The van der Waals surface area contributed by atoms with Crippen molar-refractivity contribution >= 4 is 35.2 Å². The van der Waals surface area contributed by atoms with E-state index in [9.17, 15) is 4.79 Å². The number of ether oxygens (including phenoxy) is 1. The fourth-order valence-electron chi connectivity index (χ4n) is 2.02. The van der Waals surface area contributed by atoms with Crippen LogP contribution in [0, 0.1) is 0 Å². The standard InChI is InChI=1S/C17H13Cl2N5O2/c18-14-5-4-12(7-15(14)19)10-26-13-3-1-2-11(6-13)8-20-23-16-9-21-24-17(25)22-16/h1-9H,10H2,(H2,22,23,24,25)/b20-8+. The van der Waals surface area contributed by atoms with Crippen LogP contribution in [0.15, 0.2) is 58.6 Å². The van der Waals surface area contributed by atoms with E-state index in [0.717, 1.165) is 11.1 Å². The number of anilines is 1. The van der Waals surface area contributed by atoms with Gasteiger partial charge in [-0.2, -0.15) is 15.2 Å². The van der Waals surface area contributed by atoms with Crippen molar-refractivity contribution in [3.63, 3.8) is 0 Å². The topological polar surface area (TPSA) is 92.3 Å². The van der Waals surface area contributed by atoms with Gasteiger partial charge in [0.25, 0.3) is 0 Å². The Balaban J connectivity index is 1.61. The maximum Gasteiger partial charge on any atom is 0.363 e. The minimum atomic E-state index is -0.553. The van der Waals surface area contributed by atoms with Crippen molar-refractivity contribution in [2.75, 3.05) is 5.43 Å². The van der Waals surface area contributed by atoms with Crippen LogP contribution in [0.2, 0.25) is 10.0 Å². The molecule has 3 rings (SSSR count). The number of nitrogens with zero attached hydrogens (tertiary/aromatic N) is 3. The molecule has 0 saturated heterocycles. The minimum Gasteiger partial charge on any atom is -0.489 e. The van der Waals surface area contributed by atoms with Gasteiger partial charge in [-0.15, -0.1) is 0 Å². The van der Waals surface area contributed by atoms with Crippen LogP contribution in [-0.2, 0) is 6.61 Å². The first-order valence-electron chi connectivity index (χ1n) is 7.48. The number of H-pyrrole nitrogens is 1. The lowest BCUT2D eigenvalue weighted by Crippen LogP contribution is -2.13. The normalized spacial score (nSPS) is 10.8. The summed E-state index contributed by atoms with van der Waals surface area (Å²) >= 11 is 11.9. The third-order valence-electron chi connectivity index (χ3n) is 3.21. The molecule has 0 bridgehead atoms. The second-order valence-electron chi connectivity index (χ2n) is 5.15. The lowest BCUT2D eigenvalue weighted by atomic mass is 10.2. The fourth-order valence-corrected chi connectivity index (χ4v) is 2.34. The highest BCUT2D eigenvalue weighted by Crippen LogP contribution is 2.23. The molecule has 0 spiro atoms. The van der Waals surface area contributed by atoms with E-state index in [1.54, 1.807) is 18.3 Å². The Morgan fingerprint density at radius 1 is 1.19 bits per heavy atom. The van der Waals surface area contributed by atoms with Gasteiger partial charge < -0.3 is 4.74 Å². The van der Waals surface area contributed by atoms with Gasteiger partial charge in [0.1, 0.15) is 12.4 Å². The maximum atomic E-state index is 11.0. The molecule has 3 aromatic rings. The van der Waals surface area contributed by atoms with Gasteiger partial charge in [-0.3, -0.25) is 5.43 Å². The first-order valence-corrected chi connectivity index (χ1v) is 8.23. The Kier molecular flexibility index (Phi) is 5.83. The first-order chi connectivity index (χ1) is 12.6. The van der Waals surface area contributed by atoms with Crippen molar-refractivity contribution in [3.05, 3.63) is 80.3 Å². The van der Waals surface area contributed by atoms with E-state index >= 15 is 0 Å². The number of rotatable bonds is 6. The summed E-state index contributed by atoms with van der Waals surface area (Å²) in [6.07, 6.45) is 2.93. The zero-order chi connectivity index (χ0) is 18.4. The predicted octanol–water partition coefficient (Wildman–Crippen LogP) is 3.50. The van der Waals surface area contributed by atoms with Gasteiger partial charge in [0.15, 0.2) is 5.82 Å². The fraction of sp³-hybridized carbons (Fsp3) is 0.0588. The molecule has 26 heavy (non-hydrogen) atoms. The monoisotopic (exact) mass is 389 g/mol. The zero-order valence-electron chi connectivity index (χ0n) is 13.3. The minimum absolute atomic E-state index is 0.247. The van der Waals surface area contributed by atoms with Crippen LogP contribution in [0.1, 0.15) is 11.1 Å². The number of benzene rings is 2. The largest absolute Gasteiger partial charge is 0.489 e. The highest BCUT2D eigenvalue weighted by atomic mass is 35.5. The molecule has 7 nitrogen and oxygen atoms in total. The predicted molar refractivity (Wildman–Crippen MR) is 101 cm³/mol. The Hall–Kier alpha value is -2.90. The highest BCUT2D eigenvalue weighted by molar-refractivity contribution is 6.42. The van der Waals surface area contributed by atoms with Crippen molar-refractivity contribution in [3.8, 4) is 5.75 Å². The number of halogens is 2. The van der Waals surface area contributed by atoms with Gasteiger partial charge in [0.05, 0.1) is 22.5 Å². The molecule has 0 radical (unpaired) electrons. The summed E-state index contributed by atoms with van der Waals surface area (Å²) in [5.41, 5.74) is 3.80. The molecular weight excluding hydrogens is 377 g/mol. The van der Waals surface area contributed by atoms with Crippen molar-refractivity contribution in [1.82, 2.24) is 15.2 Å². The van der Waals surface area contributed by atoms with E-state index in [1.165, 1.54) is 6.20 Å². The third-order valence-corrected chi connectivity index (χ3v) is 3.95. The first kappa shape index (κ1) is 17.9. The number of hydrogen-bond acceptors (Lipinski definition) is 6. The van der Waals surface area contributed by atoms with Gasteiger partial charge in [-0.1, -0.05) is 41.4 Å². The Bertz CT molecular complexity index is 991. The molecule has 132 valence electrons. The molecule has 0 saturated carbocycles. The molecular formula is C17H13Cl2N5O2. The Labute approximate surface area is 158 Å². The van der Waals surface area contributed by atoms with Crippen molar-refractivity contribution in [2.24, 2.45) is 5.10 Å². The smallest absolute Gasteiger partial charge is 0.363 e. The Morgan fingerprint density at radius 2 is 2.08 bits per heavy atom. The molecule has 0 aliphatic heterocycles. The van der Waals surface area contributed by atoms with Gasteiger partial charge in [-0.25, -0.2) is 9.89 Å². The molecule has 1 aromatic heterocycles. The van der Waals surface area contributed by atoms with E-state index < -0.39 is 5.69 Å². The van der Waals surface area contributed by atoms with Crippen LogP contribution in [0.3, 0.4) is 0 Å². The summed E-state index contributed by atoms with van der Waals surface area (Å²) in [6, 6.07) is 12.7. The van der Waals surface area contributed by atoms with Gasteiger partial charge in [-0.05, 0) is 35.4 Å².